The molecule has 1 saturated carbocycles. The van der Waals surface area contributed by atoms with Crippen molar-refractivity contribution in [2.24, 2.45) is 11.8 Å². The summed E-state index contributed by atoms with van der Waals surface area (Å²) in [6.45, 7) is 3.64. The van der Waals surface area contributed by atoms with Crippen LogP contribution < -0.4 is 0 Å². The van der Waals surface area contributed by atoms with Gasteiger partial charge in [0.1, 0.15) is 0 Å². The molecular weight excluding hydrogens is 304 g/mol. The van der Waals surface area contributed by atoms with Gasteiger partial charge in [-0.1, -0.05) is 51.0 Å². The van der Waals surface area contributed by atoms with Crippen LogP contribution in [0.4, 0.5) is 17.6 Å². The fourth-order valence-electron chi connectivity index (χ4n) is 3.60. The molecule has 23 heavy (non-hydrogen) atoms. The molecule has 1 fully saturated rings. The van der Waals surface area contributed by atoms with Crippen LogP contribution in [0.1, 0.15) is 58.8 Å². The van der Waals surface area contributed by atoms with Gasteiger partial charge >= 0.3 is 11.8 Å². The summed E-state index contributed by atoms with van der Waals surface area (Å²) in [5.41, 5.74) is -1.07. The summed E-state index contributed by atoms with van der Waals surface area (Å²) in [5.74, 6) is -7.25. The van der Waals surface area contributed by atoms with Crippen molar-refractivity contribution in [3.8, 4) is 0 Å². The normalized spacial score (nSPS) is 30.2. The van der Waals surface area contributed by atoms with E-state index in [1.807, 2.05) is 0 Å². The molecule has 0 N–H and O–H groups in total. The van der Waals surface area contributed by atoms with E-state index in [4.69, 9.17) is 0 Å². The Morgan fingerprint density at radius 1 is 1.00 bits per heavy atom. The summed E-state index contributed by atoms with van der Waals surface area (Å²) in [7, 11) is 0. The molecule has 0 aromatic carbocycles. The Balaban J connectivity index is 2.05. The van der Waals surface area contributed by atoms with Crippen LogP contribution in [-0.2, 0) is 0 Å². The van der Waals surface area contributed by atoms with E-state index in [2.05, 4.69) is 6.92 Å². The quantitative estimate of drug-likeness (QED) is 0.492. The number of allylic oxidation sites excluding steroid dienone is 6. The van der Waals surface area contributed by atoms with Gasteiger partial charge in [0.25, 0.3) is 0 Å². The van der Waals surface area contributed by atoms with E-state index in [9.17, 15) is 17.6 Å². The van der Waals surface area contributed by atoms with Crippen LogP contribution in [0.2, 0.25) is 0 Å². The van der Waals surface area contributed by atoms with E-state index in [0.717, 1.165) is 43.8 Å². The van der Waals surface area contributed by atoms with Crippen molar-refractivity contribution in [2.75, 3.05) is 0 Å². The number of rotatable bonds is 5. The third kappa shape index (κ3) is 3.72. The van der Waals surface area contributed by atoms with Crippen molar-refractivity contribution in [3.63, 3.8) is 0 Å². The number of halogens is 4. The fourth-order valence-corrected chi connectivity index (χ4v) is 3.60. The second kappa shape index (κ2) is 7.23. The average Bonchev–Trinajstić information content (AvgIpc) is 2.51. The summed E-state index contributed by atoms with van der Waals surface area (Å²) >= 11 is 0. The lowest BCUT2D eigenvalue weighted by molar-refractivity contribution is -0.162. The third-order valence-corrected chi connectivity index (χ3v) is 5.14. The topological polar surface area (TPSA) is 0 Å². The summed E-state index contributed by atoms with van der Waals surface area (Å²) in [5, 5.41) is 0. The summed E-state index contributed by atoms with van der Waals surface area (Å²) in [6, 6.07) is 0. The van der Waals surface area contributed by atoms with Gasteiger partial charge < -0.3 is 0 Å². The van der Waals surface area contributed by atoms with Crippen molar-refractivity contribution in [1.29, 1.82) is 0 Å². The molecule has 2 rings (SSSR count). The second-order valence-corrected chi connectivity index (χ2v) is 6.74. The molecule has 0 amide bonds. The highest BCUT2D eigenvalue weighted by atomic mass is 19.3. The van der Waals surface area contributed by atoms with Crippen molar-refractivity contribution in [2.45, 2.75) is 70.6 Å². The van der Waals surface area contributed by atoms with Gasteiger partial charge in [0, 0.05) is 11.1 Å². The minimum absolute atomic E-state index is 0.0719. The van der Waals surface area contributed by atoms with Gasteiger partial charge in [0.15, 0.2) is 0 Å². The fraction of sp³-hybridized carbons (Fsp3) is 0.684. The molecule has 2 aliphatic carbocycles. The van der Waals surface area contributed by atoms with Gasteiger partial charge in [-0.25, -0.2) is 0 Å². The van der Waals surface area contributed by atoms with Gasteiger partial charge in [0.2, 0.25) is 0 Å². The van der Waals surface area contributed by atoms with E-state index in [-0.39, 0.29) is 12.3 Å². The van der Waals surface area contributed by atoms with Crippen molar-refractivity contribution < 1.29 is 17.6 Å². The molecule has 0 radical (unpaired) electrons. The largest absolute Gasteiger partial charge is 0.339 e. The molecule has 130 valence electrons. The molecule has 0 saturated heterocycles. The Kier molecular flexibility index (Phi) is 5.74. The van der Waals surface area contributed by atoms with Gasteiger partial charge in [-0.3, -0.25) is 0 Å². The Hall–Kier alpha value is -1.06. The lowest BCUT2D eigenvalue weighted by atomic mass is 9.79. The Labute approximate surface area is 136 Å². The van der Waals surface area contributed by atoms with Crippen LogP contribution in [0.5, 0.6) is 0 Å². The van der Waals surface area contributed by atoms with E-state index in [1.54, 1.807) is 6.08 Å². The number of alkyl halides is 4. The van der Waals surface area contributed by atoms with Crippen LogP contribution in [-0.4, -0.2) is 11.8 Å². The van der Waals surface area contributed by atoms with E-state index in [0.29, 0.717) is 0 Å². The molecule has 4 heteroatoms. The second-order valence-electron chi connectivity index (χ2n) is 6.74. The van der Waals surface area contributed by atoms with E-state index in [1.165, 1.54) is 25.8 Å². The van der Waals surface area contributed by atoms with Crippen molar-refractivity contribution >= 4 is 0 Å². The molecular formula is C19H26F4. The zero-order valence-corrected chi connectivity index (χ0v) is 13.9. The number of hydrogen-bond acceptors (Lipinski definition) is 0. The zero-order valence-electron chi connectivity index (χ0n) is 13.9. The Morgan fingerprint density at radius 2 is 1.65 bits per heavy atom. The summed E-state index contributed by atoms with van der Waals surface area (Å²) < 4.78 is 56.0. The average molecular weight is 330 g/mol. The van der Waals surface area contributed by atoms with Crippen LogP contribution in [0.3, 0.4) is 0 Å². The Morgan fingerprint density at radius 3 is 2.22 bits per heavy atom. The van der Waals surface area contributed by atoms with E-state index >= 15 is 0 Å². The highest BCUT2D eigenvalue weighted by Gasteiger charge is 2.60. The van der Waals surface area contributed by atoms with Crippen LogP contribution in [0.25, 0.3) is 0 Å². The van der Waals surface area contributed by atoms with Crippen LogP contribution in [0.15, 0.2) is 35.5 Å². The number of hydrogen-bond donors (Lipinski definition) is 0. The molecule has 0 aliphatic heterocycles. The highest BCUT2D eigenvalue weighted by molar-refractivity contribution is 5.43. The van der Waals surface area contributed by atoms with Crippen LogP contribution >= 0.6 is 0 Å². The highest BCUT2D eigenvalue weighted by Crippen LogP contribution is 2.48. The smallest absolute Gasteiger partial charge is 0.194 e. The van der Waals surface area contributed by atoms with Gasteiger partial charge in [0.05, 0.1) is 0 Å². The van der Waals surface area contributed by atoms with Gasteiger partial charge in [-0.2, -0.15) is 17.6 Å². The lowest BCUT2D eigenvalue weighted by Crippen LogP contribution is -2.44. The van der Waals surface area contributed by atoms with Gasteiger partial charge in [-0.05, 0) is 43.9 Å². The maximum absolute atomic E-state index is 14.1. The molecule has 0 unspecified atom stereocenters. The minimum Gasteiger partial charge on any atom is -0.194 e. The lowest BCUT2D eigenvalue weighted by Gasteiger charge is -2.32. The summed E-state index contributed by atoms with van der Waals surface area (Å²) in [6.07, 6.45) is 11.7. The monoisotopic (exact) mass is 330 g/mol. The summed E-state index contributed by atoms with van der Waals surface area (Å²) in [4.78, 5) is 0. The molecule has 0 spiro atoms. The first-order valence-corrected chi connectivity index (χ1v) is 8.68. The molecule has 0 aromatic rings. The predicted octanol–water partition coefficient (Wildman–Crippen LogP) is 6.70. The van der Waals surface area contributed by atoms with Crippen molar-refractivity contribution in [1.82, 2.24) is 0 Å². The standard InChI is InChI=1S/C19H26F4/c1-3-5-14-6-8-15(9-7-14)10-11-17-13-12-16(4-2)18(20,21)19(17,22)23/h10-15H,3-9H2,1-2H3/b11-10+. The maximum Gasteiger partial charge on any atom is 0.339 e. The van der Waals surface area contributed by atoms with E-state index < -0.39 is 23.0 Å². The molecule has 2 aliphatic rings. The molecule has 0 nitrogen and oxygen atoms in total. The maximum atomic E-state index is 14.1. The first-order chi connectivity index (χ1) is 10.8. The molecule has 0 bridgehead atoms. The zero-order chi connectivity index (χ0) is 17.1. The molecule has 0 atom stereocenters. The predicted molar refractivity (Wildman–Crippen MR) is 85.8 cm³/mol. The van der Waals surface area contributed by atoms with Crippen LogP contribution in [0, 0.1) is 11.8 Å². The molecule has 0 heterocycles. The third-order valence-electron chi connectivity index (χ3n) is 5.14. The van der Waals surface area contributed by atoms with Gasteiger partial charge in [-0.15, -0.1) is 0 Å². The minimum atomic E-state index is -4.12. The van der Waals surface area contributed by atoms with Crippen molar-refractivity contribution in [3.05, 3.63) is 35.5 Å². The SMILES string of the molecule is CCCC1CCC(/C=C/C2=CC=C(CC)C(F)(F)C2(F)F)CC1. The molecule has 0 aromatic heterocycles. The first kappa shape index (κ1) is 18.3. The Bertz CT molecular complexity index is 491. The first-order valence-electron chi connectivity index (χ1n) is 8.68.